The smallest absolute Gasteiger partial charge is 0.320 e. The molecule has 0 aliphatic rings. The van der Waals surface area contributed by atoms with Crippen molar-refractivity contribution >= 4 is 27.6 Å². The molecule has 0 bridgehead atoms. The van der Waals surface area contributed by atoms with Crippen LogP contribution in [-0.4, -0.2) is 22.1 Å². The van der Waals surface area contributed by atoms with Gasteiger partial charge in [0, 0.05) is 23.5 Å². The lowest BCUT2D eigenvalue weighted by molar-refractivity contribution is -0.138. The van der Waals surface area contributed by atoms with Crippen LogP contribution < -0.4 is 5.73 Å². The quantitative estimate of drug-likeness (QED) is 0.670. The number of aliphatic carboxylic acids is 1. The first-order valence-electron chi connectivity index (χ1n) is 6.12. The van der Waals surface area contributed by atoms with Crippen LogP contribution in [0.2, 0.25) is 0 Å². The van der Waals surface area contributed by atoms with Gasteiger partial charge in [0.15, 0.2) is 0 Å². The molecule has 4 N–H and O–H groups in total. The van der Waals surface area contributed by atoms with Gasteiger partial charge in [0.05, 0.1) is 0 Å². The summed E-state index contributed by atoms with van der Waals surface area (Å²) >= 11 is 0. The normalized spacial score (nSPS) is 12.9. The Kier molecular flexibility index (Phi) is 2.72. The number of hydrogen-bond donors (Lipinski definition) is 3. The summed E-state index contributed by atoms with van der Waals surface area (Å²) in [5.74, 6) is -0.977. The summed E-state index contributed by atoms with van der Waals surface area (Å²) in [6.45, 7) is 0. The molecule has 4 heteroatoms. The number of benzene rings is 2. The van der Waals surface area contributed by atoms with Gasteiger partial charge >= 0.3 is 5.97 Å². The average molecular weight is 254 g/mol. The van der Waals surface area contributed by atoms with Crippen molar-refractivity contribution in [3.8, 4) is 0 Å². The number of carboxylic acid groups (broad SMARTS) is 1. The molecule has 0 amide bonds. The Morgan fingerprint density at radius 3 is 2.63 bits per heavy atom. The maximum absolute atomic E-state index is 10.8. The molecule has 1 heterocycles. The van der Waals surface area contributed by atoms with Crippen LogP contribution in [0.25, 0.3) is 21.7 Å². The molecule has 0 spiro atoms. The average Bonchev–Trinajstić information content (AvgIpc) is 2.78. The standard InChI is InChI=1S/C15H14N2O2/c16-13(15(18)19)6-11-8-17-14-7-10-4-2-1-3-9(10)5-12(11)14/h1-5,7-8,13,17H,6,16H2,(H,18,19)/t13-/m0/s1. The Hall–Kier alpha value is -2.33. The third kappa shape index (κ3) is 2.06. The maximum atomic E-state index is 10.8. The molecule has 19 heavy (non-hydrogen) atoms. The molecular formula is C15H14N2O2. The van der Waals surface area contributed by atoms with Crippen LogP contribution in [0, 0.1) is 0 Å². The zero-order chi connectivity index (χ0) is 13.4. The lowest BCUT2D eigenvalue weighted by Crippen LogP contribution is -2.32. The van der Waals surface area contributed by atoms with Crippen LogP contribution in [0.15, 0.2) is 42.6 Å². The molecule has 0 aliphatic carbocycles. The maximum Gasteiger partial charge on any atom is 0.320 e. The molecule has 1 atom stereocenters. The fourth-order valence-electron chi connectivity index (χ4n) is 2.36. The highest BCUT2D eigenvalue weighted by Crippen LogP contribution is 2.25. The molecule has 0 radical (unpaired) electrons. The van der Waals surface area contributed by atoms with Gasteiger partial charge in [-0.3, -0.25) is 4.79 Å². The molecule has 3 aromatic rings. The van der Waals surface area contributed by atoms with Crippen molar-refractivity contribution in [1.29, 1.82) is 0 Å². The van der Waals surface area contributed by atoms with Crippen molar-refractivity contribution in [2.75, 3.05) is 0 Å². The van der Waals surface area contributed by atoms with Crippen molar-refractivity contribution in [3.63, 3.8) is 0 Å². The Labute approximate surface area is 109 Å². The zero-order valence-electron chi connectivity index (χ0n) is 10.3. The largest absolute Gasteiger partial charge is 0.480 e. The molecule has 0 saturated heterocycles. The molecule has 2 aromatic carbocycles. The van der Waals surface area contributed by atoms with Crippen LogP contribution in [0.5, 0.6) is 0 Å². The number of carboxylic acids is 1. The fraction of sp³-hybridized carbons (Fsp3) is 0.133. The predicted octanol–water partition coefficient (Wildman–Crippen LogP) is 2.28. The monoisotopic (exact) mass is 254 g/mol. The van der Waals surface area contributed by atoms with Crippen molar-refractivity contribution in [2.45, 2.75) is 12.5 Å². The van der Waals surface area contributed by atoms with Gasteiger partial charge in [-0.2, -0.15) is 0 Å². The van der Waals surface area contributed by atoms with Gasteiger partial charge in [-0.1, -0.05) is 24.3 Å². The topological polar surface area (TPSA) is 79.1 Å². The summed E-state index contributed by atoms with van der Waals surface area (Å²) in [5.41, 5.74) is 7.54. The summed E-state index contributed by atoms with van der Waals surface area (Å²) in [6, 6.07) is 11.4. The van der Waals surface area contributed by atoms with Gasteiger partial charge < -0.3 is 15.8 Å². The summed E-state index contributed by atoms with van der Waals surface area (Å²) in [4.78, 5) is 14.0. The number of aromatic amines is 1. The van der Waals surface area contributed by atoms with Crippen molar-refractivity contribution in [1.82, 2.24) is 4.98 Å². The van der Waals surface area contributed by atoms with E-state index in [4.69, 9.17) is 10.8 Å². The number of carbonyl (C=O) groups is 1. The molecule has 1 aromatic heterocycles. The fourth-order valence-corrected chi connectivity index (χ4v) is 2.36. The first-order chi connectivity index (χ1) is 9.15. The highest BCUT2D eigenvalue weighted by atomic mass is 16.4. The van der Waals surface area contributed by atoms with Crippen LogP contribution in [0.4, 0.5) is 0 Å². The van der Waals surface area contributed by atoms with E-state index in [1.807, 2.05) is 24.4 Å². The summed E-state index contributed by atoms with van der Waals surface area (Å²) in [7, 11) is 0. The second kappa shape index (κ2) is 4.40. The third-order valence-corrected chi connectivity index (χ3v) is 3.39. The van der Waals surface area contributed by atoms with E-state index in [1.165, 1.54) is 0 Å². The van der Waals surface area contributed by atoms with Gasteiger partial charge in [-0.05, 0) is 28.5 Å². The van der Waals surface area contributed by atoms with Gasteiger partial charge in [-0.25, -0.2) is 0 Å². The third-order valence-electron chi connectivity index (χ3n) is 3.39. The van der Waals surface area contributed by atoms with Gasteiger partial charge in [0.25, 0.3) is 0 Å². The highest BCUT2D eigenvalue weighted by molar-refractivity contribution is 5.98. The second-order valence-electron chi connectivity index (χ2n) is 4.71. The Morgan fingerprint density at radius 2 is 1.95 bits per heavy atom. The first-order valence-corrected chi connectivity index (χ1v) is 6.12. The van der Waals surface area contributed by atoms with Crippen LogP contribution in [-0.2, 0) is 11.2 Å². The summed E-state index contributed by atoms with van der Waals surface area (Å²) < 4.78 is 0. The molecule has 0 fully saturated rings. The summed E-state index contributed by atoms with van der Waals surface area (Å²) in [6.07, 6.45) is 2.17. The first kappa shape index (κ1) is 11.7. The van der Waals surface area contributed by atoms with E-state index in [1.54, 1.807) is 0 Å². The minimum absolute atomic E-state index is 0.327. The number of nitrogens with two attached hydrogens (primary N) is 1. The number of hydrogen-bond acceptors (Lipinski definition) is 2. The minimum Gasteiger partial charge on any atom is -0.480 e. The van der Waals surface area contributed by atoms with E-state index < -0.39 is 12.0 Å². The number of rotatable bonds is 3. The van der Waals surface area contributed by atoms with E-state index in [-0.39, 0.29) is 0 Å². The predicted molar refractivity (Wildman–Crippen MR) is 75.1 cm³/mol. The molecule has 4 nitrogen and oxygen atoms in total. The number of nitrogens with one attached hydrogen (secondary N) is 1. The lowest BCUT2D eigenvalue weighted by atomic mass is 10.0. The van der Waals surface area contributed by atoms with Crippen LogP contribution in [0.1, 0.15) is 5.56 Å². The van der Waals surface area contributed by atoms with E-state index in [2.05, 4.69) is 23.2 Å². The van der Waals surface area contributed by atoms with E-state index in [0.29, 0.717) is 6.42 Å². The Morgan fingerprint density at radius 1 is 1.26 bits per heavy atom. The van der Waals surface area contributed by atoms with Crippen LogP contribution in [0.3, 0.4) is 0 Å². The number of aromatic nitrogens is 1. The van der Waals surface area contributed by atoms with E-state index >= 15 is 0 Å². The Balaban J connectivity index is 2.11. The number of fused-ring (bicyclic) bond motifs is 2. The highest BCUT2D eigenvalue weighted by Gasteiger charge is 2.15. The SMILES string of the molecule is N[C@@H](Cc1c[nH]c2cc3ccccc3cc12)C(=O)O. The van der Waals surface area contributed by atoms with Gasteiger partial charge in [-0.15, -0.1) is 0 Å². The summed E-state index contributed by atoms with van der Waals surface area (Å²) in [5, 5.41) is 12.2. The molecular weight excluding hydrogens is 240 g/mol. The van der Waals surface area contributed by atoms with Crippen molar-refractivity contribution in [2.24, 2.45) is 5.73 Å². The molecule has 0 aliphatic heterocycles. The van der Waals surface area contributed by atoms with Gasteiger partial charge in [0.2, 0.25) is 0 Å². The van der Waals surface area contributed by atoms with E-state index in [9.17, 15) is 4.79 Å². The molecule has 3 rings (SSSR count). The second-order valence-corrected chi connectivity index (χ2v) is 4.71. The van der Waals surface area contributed by atoms with E-state index in [0.717, 1.165) is 27.2 Å². The zero-order valence-corrected chi connectivity index (χ0v) is 10.3. The van der Waals surface area contributed by atoms with Crippen molar-refractivity contribution in [3.05, 3.63) is 48.2 Å². The number of H-pyrrole nitrogens is 1. The van der Waals surface area contributed by atoms with Crippen molar-refractivity contribution < 1.29 is 9.90 Å². The molecule has 96 valence electrons. The minimum atomic E-state index is -0.977. The van der Waals surface area contributed by atoms with Crippen LogP contribution >= 0.6 is 0 Å². The molecule has 0 unspecified atom stereocenters. The Bertz CT molecular complexity index is 761. The van der Waals surface area contributed by atoms with Gasteiger partial charge in [0.1, 0.15) is 6.04 Å². The molecule has 0 saturated carbocycles. The lowest BCUT2D eigenvalue weighted by Gasteiger charge is -2.05.